The van der Waals surface area contributed by atoms with Crippen LogP contribution in [0, 0.1) is 11.8 Å². The summed E-state index contributed by atoms with van der Waals surface area (Å²) in [6, 6.07) is 0. The van der Waals surface area contributed by atoms with E-state index in [4.69, 9.17) is 0 Å². The Labute approximate surface area is 104 Å². The molecule has 0 amide bonds. The minimum absolute atomic E-state index is 0. The van der Waals surface area contributed by atoms with Crippen LogP contribution in [0.4, 0.5) is 0 Å². The third-order valence-electron chi connectivity index (χ3n) is 3.33. The lowest BCUT2D eigenvalue weighted by Gasteiger charge is -2.16. The zero-order valence-electron chi connectivity index (χ0n) is 9.26. The minimum atomic E-state index is -3.03. The summed E-state index contributed by atoms with van der Waals surface area (Å²) < 4.78 is 25.4. The molecular formula is C10H19ClN2O2S. The Hall–Kier alpha value is -0.100. The van der Waals surface area contributed by atoms with E-state index >= 15 is 0 Å². The molecule has 6 heteroatoms. The minimum Gasteiger partial charge on any atom is -0.316 e. The van der Waals surface area contributed by atoms with E-state index in [0.717, 1.165) is 13.1 Å². The van der Waals surface area contributed by atoms with E-state index in [2.05, 4.69) is 11.9 Å². The average molecular weight is 267 g/mol. The fourth-order valence-electron chi connectivity index (χ4n) is 2.40. The molecule has 94 valence electrons. The Morgan fingerprint density at radius 3 is 2.38 bits per heavy atom. The van der Waals surface area contributed by atoms with E-state index in [1.807, 2.05) is 0 Å². The average Bonchev–Trinajstić information content (AvgIpc) is 2.73. The van der Waals surface area contributed by atoms with Crippen LogP contribution in [-0.4, -0.2) is 44.7 Å². The zero-order valence-corrected chi connectivity index (χ0v) is 10.9. The van der Waals surface area contributed by atoms with Gasteiger partial charge in [-0.25, -0.2) is 12.7 Å². The maximum atomic E-state index is 11.9. The monoisotopic (exact) mass is 266 g/mol. The molecule has 0 spiro atoms. The number of hydrogen-bond acceptors (Lipinski definition) is 3. The molecule has 16 heavy (non-hydrogen) atoms. The van der Waals surface area contributed by atoms with E-state index in [0.29, 0.717) is 31.3 Å². The third kappa shape index (κ3) is 2.77. The second kappa shape index (κ2) is 5.49. The predicted molar refractivity (Wildman–Crippen MR) is 67.3 cm³/mol. The molecule has 0 aromatic carbocycles. The van der Waals surface area contributed by atoms with Gasteiger partial charge in [-0.2, -0.15) is 0 Å². The van der Waals surface area contributed by atoms with Crippen LogP contribution in [0.2, 0.25) is 0 Å². The molecule has 2 aliphatic heterocycles. The topological polar surface area (TPSA) is 49.4 Å². The van der Waals surface area contributed by atoms with E-state index in [1.165, 1.54) is 0 Å². The van der Waals surface area contributed by atoms with Gasteiger partial charge in [-0.1, -0.05) is 6.08 Å². The lowest BCUT2D eigenvalue weighted by atomic mass is 10.0. The molecule has 0 bridgehead atoms. The highest BCUT2D eigenvalue weighted by Crippen LogP contribution is 2.28. The van der Waals surface area contributed by atoms with Gasteiger partial charge in [-0.3, -0.25) is 0 Å². The largest absolute Gasteiger partial charge is 0.316 e. The van der Waals surface area contributed by atoms with Crippen molar-refractivity contribution >= 4 is 22.4 Å². The molecule has 2 heterocycles. The maximum Gasteiger partial charge on any atom is 0.214 e. The van der Waals surface area contributed by atoms with Crippen molar-refractivity contribution in [2.75, 3.05) is 31.9 Å². The van der Waals surface area contributed by atoms with Gasteiger partial charge in [0.15, 0.2) is 0 Å². The Morgan fingerprint density at radius 1 is 1.31 bits per heavy atom. The predicted octanol–water partition coefficient (Wildman–Crippen LogP) is 0.465. The Kier molecular flexibility index (Phi) is 4.79. The molecule has 2 atom stereocenters. The van der Waals surface area contributed by atoms with Crippen molar-refractivity contribution in [3.63, 3.8) is 0 Å². The van der Waals surface area contributed by atoms with Crippen molar-refractivity contribution in [1.29, 1.82) is 0 Å². The summed E-state index contributed by atoms with van der Waals surface area (Å²) in [5.41, 5.74) is 0. The molecule has 0 radical (unpaired) electrons. The fourth-order valence-corrected chi connectivity index (χ4v) is 3.96. The molecule has 2 saturated heterocycles. The Balaban J connectivity index is 0.00000128. The van der Waals surface area contributed by atoms with Crippen molar-refractivity contribution in [1.82, 2.24) is 9.62 Å². The first-order valence-corrected chi connectivity index (χ1v) is 7.04. The van der Waals surface area contributed by atoms with Crippen LogP contribution in [-0.2, 0) is 10.0 Å². The van der Waals surface area contributed by atoms with Crippen molar-refractivity contribution in [3.8, 4) is 0 Å². The number of hydrogen-bond donors (Lipinski definition) is 1. The van der Waals surface area contributed by atoms with Crippen LogP contribution >= 0.6 is 12.4 Å². The van der Waals surface area contributed by atoms with Crippen LogP contribution in [0.1, 0.15) is 6.42 Å². The van der Waals surface area contributed by atoms with Crippen LogP contribution in [0.15, 0.2) is 12.7 Å². The van der Waals surface area contributed by atoms with Crippen molar-refractivity contribution in [2.45, 2.75) is 6.42 Å². The highest BCUT2D eigenvalue weighted by molar-refractivity contribution is 7.89. The van der Waals surface area contributed by atoms with Gasteiger partial charge < -0.3 is 5.32 Å². The normalized spacial score (nSPS) is 29.8. The van der Waals surface area contributed by atoms with Gasteiger partial charge in [0.25, 0.3) is 0 Å². The summed E-state index contributed by atoms with van der Waals surface area (Å²) in [7, 11) is -3.03. The highest BCUT2D eigenvalue weighted by Gasteiger charge is 2.40. The van der Waals surface area contributed by atoms with Crippen LogP contribution in [0.3, 0.4) is 0 Å². The van der Waals surface area contributed by atoms with Gasteiger partial charge in [-0.15, -0.1) is 19.0 Å². The lowest BCUT2D eigenvalue weighted by molar-refractivity contribution is 0.448. The fraction of sp³-hybridized carbons (Fsp3) is 0.800. The SMILES string of the molecule is C=CCCS(=O)(=O)N1C[C@H]2CNC[C@H]2C1.Cl. The lowest BCUT2D eigenvalue weighted by Crippen LogP contribution is -2.33. The second-order valence-electron chi connectivity index (χ2n) is 4.39. The van der Waals surface area contributed by atoms with Crippen LogP contribution in [0.5, 0.6) is 0 Å². The van der Waals surface area contributed by atoms with Gasteiger partial charge in [0, 0.05) is 13.1 Å². The van der Waals surface area contributed by atoms with Crippen molar-refractivity contribution in [2.24, 2.45) is 11.8 Å². The molecule has 0 unspecified atom stereocenters. The summed E-state index contributed by atoms with van der Waals surface area (Å²) in [6.45, 7) is 6.91. The molecular weight excluding hydrogens is 248 g/mol. The summed E-state index contributed by atoms with van der Waals surface area (Å²) in [6.07, 6.45) is 2.21. The first kappa shape index (κ1) is 14.0. The number of nitrogens with zero attached hydrogens (tertiary/aromatic N) is 1. The number of fused-ring (bicyclic) bond motifs is 1. The first-order chi connectivity index (χ1) is 7.13. The summed E-state index contributed by atoms with van der Waals surface area (Å²) in [5, 5.41) is 3.30. The molecule has 2 aliphatic rings. The van der Waals surface area contributed by atoms with Crippen molar-refractivity contribution < 1.29 is 8.42 Å². The Morgan fingerprint density at radius 2 is 1.88 bits per heavy atom. The Bertz CT molecular complexity index is 333. The summed E-state index contributed by atoms with van der Waals surface area (Å²) >= 11 is 0. The number of halogens is 1. The van der Waals surface area contributed by atoms with Crippen LogP contribution in [0.25, 0.3) is 0 Å². The zero-order chi connectivity index (χ0) is 10.9. The molecule has 0 aromatic heterocycles. The van der Waals surface area contributed by atoms with Gasteiger partial charge in [0.1, 0.15) is 0 Å². The van der Waals surface area contributed by atoms with Gasteiger partial charge >= 0.3 is 0 Å². The summed E-state index contributed by atoms with van der Waals surface area (Å²) in [5.74, 6) is 1.27. The quantitative estimate of drug-likeness (QED) is 0.753. The maximum absolute atomic E-state index is 11.9. The third-order valence-corrected chi connectivity index (χ3v) is 5.17. The number of rotatable bonds is 4. The van der Waals surface area contributed by atoms with Gasteiger partial charge in [0.05, 0.1) is 5.75 Å². The molecule has 1 N–H and O–H groups in total. The number of sulfonamides is 1. The number of nitrogens with one attached hydrogen (secondary N) is 1. The van der Waals surface area contributed by atoms with Crippen LogP contribution < -0.4 is 5.32 Å². The van der Waals surface area contributed by atoms with E-state index in [1.54, 1.807) is 10.4 Å². The number of allylic oxidation sites excluding steroid dienone is 1. The van der Waals surface area contributed by atoms with E-state index in [-0.39, 0.29) is 18.2 Å². The smallest absolute Gasteiger partial charge is 0.214 e. The van der Waals surface area contributed by atoms with Gasteiger partial charge in [0.2, 0.25) is 10.0 Å². The molecule has 0 aliphatic carbocycles. The molecule has 0 saturated carbocycles. The van der Waals surface area contributed by atoms with Crippen molar-refractivity contribution in [3.05, 3.63) is 12.7 Å². The summed E-state index contributed by atoms with van der Waals surface area (Å²) in [4.78, 5) is 0. The standard InChI is InChI=1S/C10H18N2O2S.ClH/c1-2-3-4-15(13,14)12-7-9-5-11-6-10(9)8-12;/h2,9-11H,1,3-8H2;1H/t9-,10+;. The second-order valence-corrected chi connectivity index (χ2v) is 6.48. The first-order valence-electron chi connectivity index (χ1n) is 5.43. The molecule has 4 nitrogen and oxygen atoms in total. The van der Waals surface area contributed by atoms with E-state index < -0.39 is 10.0 Å². The highest BCUT2D eigenvalue weighted by atomic mass is 35.5. The molecule has 2 rings (SSSR count). The van der Waals surface area contributed by atoms with Gasteiger partial charge in [-0.05, 0) is 31.3 Å². The molecule has 0 aromatic rings. The van der Waals surface area contributed by atoms with E-state index in [9.17, 15) is 8.42 Å². The molecule has 2 fully saturated rings.